The van der Waals surface area contributed by atoms with E-state index in [0.29, 0.717) is 16.9 Å². The summed E-state index contributed by atoms with van der Waals surface area (Å²) in [5, 5.41) is 17.5. The Balaban J connectivity index is 2.11. The molecule has 2 rings (SSSR count). The number of nitriles is 1. The molecule has 0 spiro atoms. The molecule has 0 saturated carbocycles. The number of rotatable bonds is 3. The molecule has 17 heavy (non-hydrogen) atoms. The molecule has 0 amide bonds. The van der Waals surface area contributed by atoms with Crippen LogP contribution in [0.1, 0.15) is 11.1 Å². The molecule has 0 bridgehead atoms. The van der Waals surface area contributed by atoms with Gasteiger partial charge in [-0.15, -0.1) is 0 Å². The predicted octanol–water partition coefficient (Wildman–Crippen LogP) is 1.63. The lowest BCUT2D eigenvalue weighted by molar-refractivity contribution is 0.280. The van der Waals surface area contributed by atoms with E-state index in [2.05, 4.69) is 9.97 Å². The van der Waals surface area contributed by atoms with Crippen LogP contribution in [0.25, 0.3) is 0 Å². The first-order valence-electron chi connectivity index (χ1n) is 4.91. The van der Waals surface area contributed by atoms with Crippen molar-refractivity contribution in [3.8, 4) is 17.8 Å². The van der Waals surface area contributed by atoms with Crippen molar-refractivity contribution in [3.63, 3.8) is 0 Å². The molecule has 0 atom stereocenters. The summed E-state index contributed by atoms with van der Waals surface area (Å²) < 4.78 is 5.36. The van der Waals surface area contributed by atoms with Gasteiger partial charge >= 0.3 is 6.01 Å². The number of nitrogens with zero attached hydrogens (tertiary/aromatic N) is 3. The molecule has 0 radical (unpaired) electrons. The predicted molar refractivity (Wildman–Crippen MR) is 59.2 cm³/mol. The lowest BCUT2D eigenvalue weighted by Gasteiger charge is -2.03. The molecular formula is C12H9N3O2. The molecule has 0 fully saturated rings. The molecular weight excluding hydrogens is 218 g/mol. The van der Waals surface area contributed by atoms with Crippen LogP contribution in [0.5, 0.6) is 11.8 Å². The minimum absolute atomic E-state index is 0.100. The van der Waals surface area contributed by atoms with Gasteiger partial charge in [-0.05, 0) is 24.3 Å². The number of hydrogen-bond donors (Lipinski definition) is 1. The Hall–Kier alpha value is -2.45. The van der Waals surface area contributed by atoms with Crippen LogP contribution in [-0.2, 0) is 6.61 Å². The molecule has 0 aliphatic carbocycles. The molecule has 1 aromatic carbocycles. The quantitative estimate of drug-likeness (QED) is 0.862. The van der Waals surface area contributed by atoms with Crippen LogP contribution >= 0.6 is 0 Å². The summed E-state index contributed by atoms with van der Waals surface area (Å²) in [5.74, 6) is 0.556. The van der Waals surface area contributed by atoms with Gasteiger partial charge in [0.2, 0.25) is 0 Å². The maximum absolute atomic E-state index is 8.82. The molecule has 0 aliphatic rings. The highest BCUT2D eigenvalue weighted by Crippen LogP contribution is 2.17. The first kappa shape index (κ1) is 11.0. The first-order valence-corrected chi connectivity index (χ1v) is 4.91. The Morgan fingerprint density at radius 3 is 2.35 bits per heavy atom. The topological polar surface area (TPSA) is 79.0 Å². The maximum Gasteiger partial charge on any atom is 0.321 e. The zero-order valence-electron chi connectivity index (χ0n) is 8.87. The average Bonchev–Trinajstić information content (AvgIpc) is 2.40. The van der Waals surface area contributed by atoms with Crippen molar-refractivity contribution in [1.29, 1.82) is 5.26 Å². The highest BCUT2D eigenvalue weighted by Gasteiger charge is 2.00. The van der Waals surface area contributed by atoms with Crippen LogP contribution in [0.4, 0.5) is 0 Å². The van der Waals surface area contributed by atoms with E-state index in [-0.39, 0.29) is 12.6 Å². The minimum atomic E-state index is -0.100. The smallest absolute Gasteiger partial charge is 0.321 e. The van der Waals surface area contributed by atoms with Crippen molar-refractivity contribution in [1.82, 2.24) is 9.97 Å². The maximum atomic E-state index is 8.82. The SMILES string of the molecule is N#Cc1ccc(Oc2ncc(CO)cn2)cc1. The second-order valence-electron chi connectivity index (χ2n) is 3.27. The zero-order valence-corrected chi connectivity index (χ0v) is 8.87. The van der Waals surface area contributed by atoms with Crippen molar-refractivity contribution >= 4 is 0 Å². The fraction of sp³-hybridized carbons (Fsp3) is 0.0833. The molecule has 0 aliphatic heterocycles. The summed E-state index contributed by atoms with van der Waals surface area (Å²) in [5.41, 5.74) is 1.19. The van der Waals surface area contributed by atoms with Gasteiger partial charge in [0, 0.05) is 18.0 Å². The third kappa shape index (κ3) is 2.77. The van der Waals surface area contributed by atoms with E-state index in [1.165, 1.54) is 12.4 Å². The number of aliphatic hydroxyl groups is 1. The normalized spacial score (nSPS) is 9.65. The van der Waals surface area contributed by atoms with Crippen molar-refractivity contribution < 1.29 is 9.84 Å². The molecule has 84 valence electrons. The van der Waals surface area contributed by atoms with Gasteiger partial charge in [-0.1, -0.05) is 0 Å². The number of benzene rings is 1. The monoisotopic (exact) mass is 227 g/mol. The van der Waals surface area contributed by atoms with Crippen LogP contribution < -0.4 is 4.74 Å². The van der Waals surface area contributed by atoms with Crippen LogP contribution in [0.2, 0.25) is 0 Å². The lowest BCUT2D eigenvalue weighted by atomic mass is 10.2. The van der Waals surface area contributed by atoms with Crippen molar-refractivity contribution in [2.75, 3.05) is 0 Å². The second-order valence-corrected chi connectivity index (χ2v) is 3.27. The van der Waals surface area contributed by atoms with Gasteiger partial charge in [0.15, 0.2) is 0 Å². The van der Waals surface area contributed by atoms with E-state index in [1.54, 1.807) is 24.3 Å². The highest BCUT2D eigenvalue weighted by molar-refractivity contribution is 5.35. The summed E-state index contributed by atoms with van der Waals surface area (Å²) in [6, 6.07) is 8.86. The standard InChI is InChI=1S/C12H9N3O2/c13-5-9-1-3-11(4-2-9)17-12-14-6-10(8-16)7-15-12/h1-4,6-7,16H,8H2. The third-order valence-electron chi connectivity index (χ3n) is 2.06. The van der Waals surface area contributed by atoms with Crippen LogP contribution in [-0.4, -0.2) is 15.1 Å². The molecule has 0 unspecified atom stereocenters. The molecule has 0 saturated heterocycles. The fourth-order valence-corrected chi connectivity index (χ4v) is 1.18. The Morgan fingerprint density at radius 1 is 1.18 bits per heavy atom. The van der Waals surface area contributed by atoms with E-state index >= 15 is 0 Å². The van der Waals surface area contributed by atoms with Gasteiger partial charge in [-0.2, -0.15) is 5.26 Å². The average molecular weight is 227 g/mol. The molecule has 1 N–H and O–H groups in total. The Morgan fingerprint density at radius 2 is 1.82 bits per heavy atom. The van der Waals surface area contributed by atoms with Crippen molar-refractivity contribution in [3.05, 3.63) is 47.8 Å². The number of ether oxygens (including phenoxy) is 1. The van der Waals surface area contributed by atoms with E-state index in [4.69, 9.17) is 15.1 Å². The molecule has 2 aromatic rings. The Labute approximate surface area is 98.0 Å². The summed E-state index contributed by atoms with van der Waals surface area (Å²) in [4.78, 5) is 7.86. The van der Waals surface area contributed by atoms with E-state index < -0.39 is 0 Å². The third-order valence-corrected chi connectivity index (χ3v) is 2.06. The van der Waals surface area contributed by atoms with Crippen LogP contribution in [0.15, 0.2) is 36.7 Å². The molecule has 1 heterocycles. The highest BCUT2D eigenvalue weighted by atomic mass is 16.5. The molecule has 1 aromatic heterocycles. The fourth-order valence-electron chi connectivity index (χ4n) is 1.18. The summed E-state index contributed by atoms with van der Waals surface area (Å²) in [6.07, 6.45) is 2.98. The van der Waals surface area contributed by atoms with Crippen molar-refractivity contribution in [2.24, 2.45) is 0 Å². The summed E-state index contributed by atoms with van der Waals surface area (Å²) in [7, 11) is 0. The van der Waals surface area contributed by atoms with E-state index in [0.717, 1.165) is 0 Å². The van der Waals surface area contributed by atoms with E-state index in [9.17, 15) is 0 Å². The number of aliphatic hydroxyl groups excluding tert-OH is 1. The lowest BCUT2D eigenvalue weighted by Crippen LogP contribution is -1.93. The summed E-state index contributed by atoms with van der Waals surface area (Å²) >= 11 is 0. The zero-order chi connectivity index (χ0) is 12.1. The number of aromatic nitrogens is 2. The first-order chi connectivity index (χ1) is 8.31. The number of hydrogen-bond acceptors (Lipinski definition) is 5. The van der Waals surface area contributed by atoms with Gasteiger partial charge in [0.05, 0.1) is 18.2 Å². The minimum Gasteiger partial charge on any atom is -0.424 e. The van der Waals surface area contributed by atoms with Crippen molar-refractivity contribution in [2.45, 2.75) is 6.61 Å². The van der Waals surface area contributed by atoms with Gasteiger partial charge < -0.3 is 9.84 Å². The summed E-state index contributed by atoms with van der Waals surface area (Å²) in [6.45, 7) is -0.100. The largest absolute Gasteiger partial charge is 0.424 e. The van der Waals surface area contributed by atoms with Crippen LogP contribution in [0.3, 0.4) is 0 Å². The van der Waals surface area contributed by atoms with Gasteiger partial charge in [-0.3, -0.25) is 0 Å². The van der Waals surface area contributed by atoms with Gasteiger partial charge in [-0.25, -0.2) is 9.97 Å². The molecule has 5 heteroatoms. The molecule has 5 nitrogen and oxygen atoms in total. The Kier molecular flexibility index (Phi) is 3.28. The Bertz CT molecular complexity index is 529. The van der Waals surface area contributed by atoms with E-state index in [1.807, 2.05) is 6.07 Å². The second kappa shape index (κ2) is 5.05. The van der Waals surface area contributed by atoms with Gasteiger partial charge in [0.1, 0.15) is 5.75 Å². The van der Waals surface area contributed by atoms with Crippen LogP contribution in [0, 0.1) is 11.3 Å². The van der Waals surface area contributed by atoms with Gasteiger partial charge in [0.25, 0.3) is 0 Å².